The molecule has 1 amide bonds. The first-order valence-corrected chi connectivity index (χ1v) is 8.38. The lowest BCUT2D eigenvalue weighted by Gasteiger charge is -2.39. The number of hydrogen-bond acceptors (Lipinski definition) is 2. The summed E-state index contributed by atoms with van der Waals surface area (Å²) in [6, 6.07) is 0.787. The van der Waals surface area contributed by atoms with Gasteiger partial charge in [-0.3, -0.25) is 4.79 Å². The second-order valence-corrected chi connectivity index (χ2v) is 7.90. The fourth-order valence-electron chi connectivity index (χ4n) is 3.88. The van der Waals surface area contributed by atoms with Crippen molar-refractivity contribution < 1.29 is 4.79 Å². The average Bonchev–Trinajstić information content (AvgIpc) is 2.38. The van der Waals surface area contributed by atoms with E-state index in [-0.39, 0.29) is 0 Å². The molecule has 0 aliphatic heterocycles. The van der Waals surface area contributed by atoms with Crippen molar-refractivity contribution in [3.8, 4) is 0 Å². The lowest BCUT2D eigenvalue weighted by atomic mass is 9.75. The van der Waals surface area contributed by atoms with Crippen molar-refractivity contribution in [2.24, 2.45) is 17.1 Å². The smallest absolute Gasteiger partial charge is 0.222 e. The predicted octanol–water partition coefficient (Wildman–Crippen LogP) is 3.32. The predicted molar refractivity (Wildman–Crippen MR) is 83.4 cm³/mol. The van der Waals surface area contributed by atoms with Gasteiger partial charge in [-0.2, -0.15) is 0 Å². The van der Waals surface area contributed by atoms with E-state index in [0.29, 0.717) is 35.7 Å². The van der Waals surface area contributed by atoms with Crippen LogP contribution in [-0.4, -0.2) is 29.9 Å². The SMILES string of the molecule is CN(C(=O)CC1CCCC(N)C1)C1CCC(C)(C)CC1. The molecular weight excluding hydrogens is 248 g/mol. The maximum absolute atomic E-state index is 12.5. The zero-order valence-electron chi connectivity index (χ0n) is 13.5. The molecule has 2 atom stereocenters. The molecule has 2 fully saturated rings. The second kappa shape index (κ2) is 6.46. The van der Waals surface area contributed by atoms with Gasteiger partial charge in [0, 0.05) is 25.6 Å². The van der Waals surface area contributed by atoms with Crippen LogP contribution in [0, 0.1) is 11.3 Å². The zero-order valence-corrected chi connectivity index (χ0v) is 13.5. The fraction of sp³-hybridized carbons (Fsp3) is 0.941. The van der Waals surface area contributed by atoms with E-state index in [4.69, 9.17) is 5.73 Å². The molecule has 2 unspecified atom stereocenters. The number of carbonyl (C=O) groups excluding carboxylic acids is 1. The van der Waals surface area contributed by atoms with Crippen LogP contribution in [0.25, 0.3) is 0 Å². The van der Waals surface area contributed by atoms with E-state index in [1.807, 2.05) is 11.9 Å². The van der Waals surface area contributed by atoms with Gasteiger partial charge in [-0.1, -0.05) is 20.3 Å². The molecule has 0 aromatic heterocycles. The first-order chi connectivity index (χ1) is 9.37. The molecule has 3 heteroatoms. The van der Waals surface area contributed by atoms with Crippen LogP contribution in [0.3, 0.4) is 0 Å². The Labute approximate surface area is 124 Å². The van der Waals surface area contributed by atoms with Crippen molar-refractivity contribution >= 4 is 5.91 Å². The van der Waals surface area contributed by atoms with E-state index >= 15 is 0 Å². The Balaban J connectivity index is 1.80. The number of hydrogen-bond donors (Lipinski definition) is 1. The molecule has 2 N–H and O–H groups in total. The Kier molecular flexibility index (Phi) is 5.11. The Morgan fingerprint density at radius 1 is 1.20 bits per heavy atom. The Hall–Kier alpha value is -0.570. The molecule has 2 aliphatic rings. The van der Waals surface area contributed by atoms with Crippen LogP contribution in [-0.2, 0) is 4.79 Å². The molecule has 0 spiro atoms. The second-order valence-electron chi connectivity index (χ2n) is 7.90. The molecule has 3 nitrogen and oxygen atoms in total. The van der Waals surface area contributed by atoms with E-state index in [0.717, 1.165) is 12.8 Å². The van der Waals surface area contributed by atoms with Crippen LogP contribution < -0.4 is 5.73 Å². The van der Waals surface area contributed by atoms with E-state index in [9.17, 15) is 4.79 Å². The van der Waals surface area contributed by atoms with Crippen LogP contribution in [0.2, 0.25) is 0 Å². The molecule has 0 saturated heterocycles. The number of nitrogens with two attached hydrogens (primary N) is 1. The summed E-state index contributed by atoms with van der Waals surface area (Å²) in [7, 11) is 2.01. The van der Waals surface area contributed by atoms with Crippen molar-refractivity contribution in [1.29, 1.82) is 0 Å². The normalized spacial score (nSPS) is 31.0. The molecule has 2 aliphatic carbocycles. The quantitative estimate of drug-likeness (QED) is 0.862. The number of rotatable bonds is 3. The molecule has 0 aromatic carbocycles. The van der Waals surface area contributed by atoms with Crippen LogP contribution in [0.15, 0.2) is 0 Å². The standard InChI is InChI=1S/C17H32N2O/c1-17(2)9-7-15(8-10-17)19(3)16(20)12-13-5-4-6-14(18)11-13/h13-15H,4-12,18H2,1-3H3. The largest absolute Gasteiger partial charge is 0.343 e. The van der Waals surface area contributed by atoms with Crippen molar-refractivity contribution in [3.63, 3.8) is 0 Å². The zero-order chi connectivity index (χ0) is 14.8. The average molecular weight is 280 g/mol. The Morgan fingerprint density at radius 2 is 1.85 bits per heavy atom. The molecule has 0 radical (unpaired) electrons. The van der Waals surface area contributed by atoms with Gasteiger partial charge < -0.3 is 10.6 Å². The van der Waals surface area contributed by atoms with Gasteiger partial charge in [-0.05, 0) is 56.3 Å². The summed E-state index contributed by atoms with van der Waals surface area (Å²) in [5.74, 6) is 0.863. The topological polar surface area (TPSA) is 46.3 Å². The van der Waals surface area contributed by atoms with E-state index in [2.05, 4.69) is 13.8 Å². The van der Waals surface area contributed by atoms with Gasteiger partial charge in [0.05, 0.1) is 0 Å². The number of carbonyl (C=O) groups is 1. The first-order valence-electron chi connectivity index (χ1n) is 8.38. The summed E-state index contributed by atoms with van der Waals surface area (Å²) in [4.78, 5) is 14.5. The van der Waals surface area contributed by atoms with Crippen molar-refractivity contribution in [1.82, 2.24) is 4.90 Å². The van der Waals surface area contributed by atoms with Gasteiger partial charge in [0.1, 0.15) is 0 Å². The molecule has 0 heterocycles. The fourth-order valence-corrected chi connectivity index (χ4v) is 3.88. The number of nitrogens with zero attached hydrogens (tertiary/aromatic N) is 1. The van der Waals surface area contributed by atoms with E-state index < -0.39 is 0 Å². The first kappa shape index (κ1) is 15.8. The van der Waals surface area contributed by atoms with Crippen molar-refractivity contribution in [2.75, 3.05) is 7.05 Å². The molecule has 2 saturated carbocycles. The Bertz CT molecular complexity index is 330. The molecular formula is C17H32N2O. The molecule has 20 heavy (non-hydrogen) atoms. The number of amides is 1. The van der Waals surface area contributed by atoms with Gasteiger partial charge in [0.25, 0.3) is 0 Å². The van der Waals surface area contributed by atoms with Gasteiger partial charge in [0.15, 0.2) is 0 Å². The van der Waals surface area contributed by atoms with Gasteiger partial charge in [-0.25, -0.2) is 0 Å². The molecule has 116 valence electrons. The lowest BCUT2D eigenvalue weighted by molar-refractivity contribution is -0.134. The summed E-state index contributed by atoms with van der Waals surface area (Å²) < 4.78 is 0. The van der Waals surface area contributed by atoms with Crippen LogP contribution >= 0.6 is 0 Å². The third-order valence-corrected chi connectivity index (χ3v) is 5.54. The highest BCUT2D eigenvalue weighted by atomic mass is 16.2. The highest BCUT2D eigenvalue weighted by Crippen LogP contribution is 2.37. The summed E-state index contributed by atoms with van der Waals surface area (Å²) in [6.07, 6.45) is 10.1. The van der Waals surface area contributed by atoms with Gasteiger partial charge >= 0.3 is 0 Å². The monoisotopic (exact) mass is 280 g/mol. The van der Waals surface area contributed by atoms with Gasteiger partial charge in [0.2, 0.25) is 5.91 Å². The van der Waals surface area contributed by atoms with Crippen molar-refractivity contribution in [3.05, 3.63) is 0 Å². The molecule has 0 bridgehead atoms. The highest BCUT2D eigenvalue weighted by molar-refractivity contribution is 5.76. The minimum Gasteiger partial charge on any atom is -0.343 e. The van der Waals surface area contributed by atoms with E-state index in [1.165, 1.54) is 38.5 Å². The van der Waals surface area contributed by atoms with Crippen LogP contribution in [0.4, 0.5) is 0 Å². The maximum Gasteiger partial charge on any atom is 0.222 e. The maximum atomic E-state index is 12.5. The summed E-state index contributed by atoms with van der Waals surface area (Å²) in [5, 5.41) is 0. The third kappa shape index (κ3) is 4.21. The molecule has 0 aromatic rings. The minimum atomic E-state index is 0.322. The Morgan fingerprint density at radius 3 is 2.45 bits per heavy atom. The minimum absolute atomic E-state index is 0.322. The summed E-state index contributed by atoms with van der Waals surface area (Å²) in [5.41, 5.74) is 6.49. The van der Waals surface area contributed by atoms with Crippen LogP contribution in [0.1, 0.15) is 71.6 Å². The summed E-state index contributed by atoms with van der Waals surface area (Å²) in [6.45, 7) is 4.68. The highest BCUT2D eigenvalue weighted by Gasteiger charge is 2.31. The summed E-state index contributed by atoms with van der Waals surface area (Å²) >= 11 is 0. The van der Waals surface area contributed by atoms with Crippen molar-refractivity contribution in [2.45, 2.75) is 83.7 Å². The van der Waals surface area contributed by atoms with Crippen LogP contribution in [0.5, 0.6) is 0 Å². The lowest BCUT2D eigenvalue weighted by Crippen LogP contribution is -2.42. The van der Waals surface area contributed by atoms with E-state index in [1.54, 1.807) is 0 Å². The molecule has 2 rings (SSSR count). The third-order valence-electron chi connectivity index (χ3n) is 5.54. The van der Waals surface area contributed by atoms with Gasteiger partial charge in [-0.15, -0.1) is 0 Å².